The largest absolute Gasteiger partial charge is 0.504 e. The molecule has 0 spiro atoms. The molecule has 2 aromatic rings. The maximum absolute atomic E-state index is 13.1. The van der Waals surface area contributed by atoms with Gasteiger partial charge in [0.15, 0.2) is 23.0 Å². The molecule has 4 heterocycles. The standard InChI is InChI=1S/C36H43NO8.C22H31ClO.C14H13NO7/c1-2-3-4-5-6-7-8-9-10-11-12-13-14-15-16-17-18-19-20-21-29(39)45-35-30-25(23-28-34(35)44-24-43-28)26-22-27(38)32(40)33(41)31(26)37-36(30)42;1-2-3-4-5-6-7-8-9-10-11-12-13-14-15-16-17-18-19-20-21-22(23)24;16-6-1-5-4-2-7-13(22-3-21-7)11(18)8(4)14(20)15-9(5)12(19)10(6)17/h3-4,6-7,9-10,12-13,15-16,18-19,22-23,27,31-33,38,40-41H,2,5,8,11,14,17,20-21,24H2,1H3,(H,37,42);3-4,6-7,9-10,12-13,15-16,18-19H,2,5,8,11,14,17,20-21H2,1H3;1-2,6,9-10,12,16-19H,3H2,(H,15,20)/b2*4-3-,7-6-,10-9-,13-12-,16-15-,19-18-;/t27-,31+,32+,33-;;6-,9+,10+,12-/m0.0/s1. The van der Waals surface area contributed by atoms with Crippen molar-refractivity contribution >= 4 is 45.8 Å². The fourth-order valence-electron chi connectivity index (χ4n) is 10.1. The summed E-state index contributed by atoms with van der Waals surface area (Å²) in [7, 11) is 0. The number of nitrogens with one attached hydrogen (secondary N) is 2. The van der Waals surface area contributed by atoms with Crippen LogP contribution in [0.15, 0.2) is 170 Å². The van der Waals surface area contributed by atoms with E-state index in [0.29, 0.717) is 35.1 Å². The molecule has 2 amide bonds. The zero-order valence-electron chi connectivity index (χ0n) is 51.7. The Kier molecular flexibility index (Phi) is 31.1. The summed E-state index contributed by atoms with van der Waals surface area (Å²) in [6, 6.07) is 1.26. The molecule has 0 fully saturated rings. The van der Waals surface area contributed by atoms with Crippen LogP contribution in [0.2, 0.25) is 0 Å². The fourth-order valence-corrected chi connectivity index (χ4v) is 10.2. The predicted molar refractivity (Wildman–Crippen MR) is 353 cm³/mol. The molecule has 2 aliphatic carbocycles. The third-order valence-corrected chi connectivity index (χ3v) is 15.0. The second-order valence-corrected chi connectivity index (χ2v) is 22.0. The molecule has 0 unspecified atom stereocenters. The quantitative estimate of drug-likeness (QED) is 0.0158. The van der Waals surface area contributed by atoms with Gasteiger partial charge in [0.25, 0.3) is 11.8 Å². The minimum Gasteiger partial charge on any atom is -0.504 e. The maximum atomic E-state index is 13.1. The van der Waals surface area contributed by atoms with Crippen LogP contribution in [0.4, 0.5) is 0 Å². The van der Waals surface area contributed by atoms with Gasteiger partial charge in [0.05, 0.1) is 23.2 Å². The maximum Gasteiger partial charge on any atom is 0.311 e. The molecule has 8 atom stereocenters. The third kappa shape index (κ3) is 22.1. The smallest absolute Gasteiger partial charge is 0.311 e. The predicted octanol–water partition coefficient (Wildman–Crippen LogP) is 11.3. The summed E-state index contributed by atoms with van der Waals surface area (Å²) in [5, 5.41) is 75.5. The van der Waals surface area contributed by atoms with Crippen LogP contribution >= 0.6 is 11.6 Å². The lowest BCUT2D eigenvalue weighted by molar-refractivity contribution is -0.134. The number of carbonyl (C=O) groups is 4. The number of esters is 1. The molecule has 0 aromatic heterocycles. The molecule has 91 heavy (non-hydrogen) atoms. The normalized spacial score (nSPS) is 22.4. The second-order valence-electron chi connectivity index (χ2n) is 21.6. The van der Waals surface area contributed by atoms with E-state index >= 15 is 0 Å². The van der Waals surface area contributed by atoms with Crippen LogP contribution in [0.25, 0.3) is 11.1 Å². The minimum absolute atomic E-state index is 0.0115. The van der Waals surface area contributed by atoms with Gasteiger partial charge in [-0.25, -0.2) is 0 Å². The molecule has 6 aliphatic rings. The number of allylic oxidation sites excluding steroid dienone is 24. The van der Waals surface area contributed by atoms with E-state index in [1.165, 1.54) is 18.2 Å². The van der Waals surface area contributed by atoms with Crippen LogP contribution in [0.1, 0.15) is 148 Å². The lowest BCUT2D eigenvalue weighted by Gasteiger charge is -2.39. The summed E-state index contributed by atoms with van der Waals surface area (Å²) in [6.07, 6.45) is 59.1. The number of fused-ring (bicyclic) bond motifs is 8. The first-order chi connectivity index (χ1) is 44.2. The number of phenols is 1. The number of carbonyl (C=O) groups excluding carboxylic acids is 4. The van der Waals surface area contributed by atoms with Gasteiger partial charge in [0.1, 0.15) is 36.6 Å². The van der Waals surface area contributed by atoms with E-state index in [9.17, 15) is 54.9 Å². The summed E-state index contributed by atoms with van der Waals surface area (Å²) >= 11 is 5.25. The van der Waals surface area contributed by atoms with Crippen molar-refractivity contribution < 1.29 is 78.6 Å². The van der Waals surface area contributed by atoms with Gasteiger partial charge in [-0.2, -0.15) is 0 Å². The number of amides is 2. The number of phenolic OH excluding ortho intramolecular Hbond substituents is 1. The van der Waals surface area contributed by atoms with Crippen LogP contribution in [0.5, 0.6) is 34.5 Å². The Hall–Kier alpha value is -8.07. The highest BCUT2D eigenvalue weighted by molar-refractivity contribution is 6.63. The van der Waals surface area contributed by atoms with Crippen molar-refractivity contribution in [1.82, 2.24) is 10.6 Å². The summed E-state index contributed by atoms with van der Waals surface area (Å²) in [4.78, 5) is 48.7. The van der Waals surface area contributed by atoms with Crippen LogP contribution < -0.4 is 34.3 Å². The molecule has 488 valence electrons. The number of ether oxygens (including phenoxy) is 5. The molecule has 4 aliphatic heterocycles. The van der Waals surface area contributed by atoms with Crippen LogP contribution in [-0.4, -0.2) is 121 Å². The van der Waals surface area contributed by atoms with E-state index in [-0.39, 0.29) is 70.9 Å². The van der Waals surface area contributed by atoms with Crippen LogP contribution in [-0.2, 0) is 9.59 Å². The minimum atomic E-state index is -1.46. The first kappa shape index (κ1) is 72.0. The van der Waals surface area contributed by atoms with Gasteiger partial charge < -0.3 is 70.1 Å². The summed E-state index contributed by atoms with van der Waals surface area (Å²) in [6.45, 7) is 4.10. The van der Waals surface area contributed by atoms with Gasteiger partial charge in [-0.3, -0.25) is 19.2 Å². The van der Waals surface area contributed by atoms with E-state index in [4.69, 9.17) is 35.3 Å². The van der Waals surface area contributed by atoms with Gasteiger partial charge in [-0.05, 0) is 137 Å². The SMILES string of the molecule is CC/C=C\C/C=C\C/C=C\C/C=C\C/C=C\C/C=C\CCC(=O)Cl.CC/C=C\C/C=C\C/C=C\C/C=C\C/C=C\C/C=C\CCC(=O)Oc1c2c(cc3c1C(=O)N[C@@H]1C3=C[C@H](O)[C@@H](O)[C@H]1O)OCO2.O=C1N[C@@H]2C(=C[C@H](O)[C@@H](O)[C@H]2O)c2cc3c(c(O)c21)OCO3. The van der Waals surface area contributed by atoms with Crippen molar-refractivity contribution in [2.24, 2.45) is 0 Å². The average Bonchev–Trinajstić information content (AvgIpc) is 1.68. The lowest BCUT2D eigenvalue weighted by atomic mass is 9.79. The Labute approximate surface area is 538 Å². The molecule has 8 rings (SSSR count). The second kappa shape index (κ2) is 39.2. The highest BCUT2D eigenvalue weighted by atomic mass is 35.5. The number of halogens is 1. The third-order valence-electron chi connectivity index (χ3n) is 14.8. The average molecular weight is 1270 g/mol. The monoisotopic (exact) mass is 1270 g/mol. The van der Waals surface area contributed by atoms with Gasteiger partial charge in [-0.15, -0.1) is 0 Å². The Morgan fingerprint density at radius 2 is 0.824 bits per heavy atom. The zero-order chi connectivity index (χ0) is 65.3. The van der Waals surface area contributed by atoms with Crippen molar-refractivity contribution in [3.05, 3.63) is 192 Å². The first-order valence-electron chi connectivity index (χ1n) is 31.1. The summed E-state index contributed by atoms with van der Waals surface area (Å²) in [5.41, 5.74) is 1.50. The molecule has 0 saturated carbocycles. The highest BCUT2D eigenvalue weighted by Crippen LogP contribution is 2.51. The van der Waals surface area contributed by atoms with Gasteiger partial charge >= 0.3 is 5.97 Å². The van der Waals surface area contributed by atoms with Crippen molar-refractivity contribution in [3.8, 4) is 34.5 Å². The Morgan fingerprint density at radius 3 is 1.22 bits per heavy atom. The molecule has 9 N–H and O–H groups in total. The lowest BCUT2D eigenvalue weighted by Crippen LogP contribution is -2.57. The number of hydrogen-bond donors (Lipinski definition) is 9. The highest BCUT2D eigenvalue weighted by Gasteiger charge is 2.47. The number of aliphatic hydroxyl groups excluding tert-OH is 6. The number of hydrogen-bond acceptors (Lipinski definition) is 16. The van der Waals surface area contributed by atoms with Gasteiger partial charge in [0, 0.05) is 24.0 Å². The van der Waals surface area contributed by atoms with E-state index in [1.807, 2.05) is 18.2 Å². The Balaban J connectivity index is 0.000000240. The first-order valence-corrected chi connectivity index (χ1v) is 31.5. The van der Waals surface area contributed by atoms with Crippen LogP contribution in [0.3, 0.4) is 0 Å². The molecule has 0 bridgehead atoms. The number of benzene rings is 2. The molecular formula is C72H87ClN2O16. The van der Waals surface area contributed by atoms with Crippen molar-refractivity contribution in [3.63, 3.8) is 0 Å². The number of aromatic hydroxyl groups is 1. The van der Waals surface area contributed by atoms with Crippen molar-refractivity contribution in [2.45, 2.75) is 165 Å². The summed E-state index contributed by atoms with van der Waals surface area (Å²) in [5.74, 6) is -1.39. The Morgan fingerprint density at radius 1 is 0.484 bits per heavy atom. The summed E-state index contributed by atoms with van der Waals surface area (Å²) < 4.78 is 27.0. The van der Waals surface area contributed by atoms with Crippen LogP contribution in [0, 0.1) is 0 Å². The van der Waals surface area contributed by atoms with Crippen molar-refractivity contribution in [2.75, 3.05) is 13.6 Å². The molecule has 0 saturated heterocycles. The number of rotatable bonds is 29. The molecule has 0 radical (unpaired) electrons. The zero-order valence-corrected chi connectivity index (χ0v) is 52.5. The van der Waals surface area contributed by atoms with E-state index in [2.05, 4.69) is 152 Å². The van der Waals surface area contributed by atoms with E-state index < -0.39 is 66.5 Å². The van der Waals surface area contributed by atoms with E-state index in [1.54, 1.807) is 6.07 Å². The van der Waals surface area contributed by atoms with E-state index in [0.717, 1.165) is 83.5 Å². The molecule has 19 heteroatoms. The fraction of sp³-hybridized carbons (Fsp3) is 0.389. The topological polar surface area (TPSA) is 280 Å². The van der Waals surface area contributed by atoms with Gasteiger partial charge in [0.2, 0.25) is 30.3 Å². The van der Waals surface area contributed by atoms with Gasteiger partial charge in [-0.1, -0.05) is 160 Å². The number of aliphatic hydroxyl groups is 6. The Bertz CT molecular complexity index is 3210. The van der Waals surface area contributed by atoms with Crippen molar-refractivity contribution in [1.29, 1.82) is 0 Å². The molecular weight excluding hydrogens is 1180 g/mol. The molecule has 18 nitrogen and oxygen atoms in total. The molecule has 2 aromatic carbocycles.